The van der Waals surface area contributed by atoms with Gasteiger partial charge in [0, 0.05) is 19.2 Å². The summed E-state index contributed by atoms with van der Waals surface area (Å²) >= 11 is 0. The molecule has 0 fully saturated rings. The Morgan fingerprint density at radius 2 is 2.07 bits per heavy atom. The number of rotatable bonds is 6. The van der Waals surface area contributed by atoms with E-state index in [0.29, 0.717) is 13.0 Å². The fourth-order valence-corrected chi connectivity index (χ4v) is 1.45. The molecule has 0 spiro atoms. The molecule has 1 amide bonds. The van der Waals surface area contributed by atoms with Crippen LogP contribution in [0.2, 0.25) is 0 Å². The van der Waals surface area contributed by atoms with Crippen molar-refractivity contribution in [3.05, 3.63) is 0 Å². The molecule has 0 aliphatic heterocycles. The molecule has 5 heteroatoms. The van der Waals surface area contributed by atoms with Gasteiger partial charge in [-0.1, -0.05) is 0 Å². The summed E-state index contributed by atoms with van der Waals surface area (Å²) in [6.07, 6.45) is 8.37. The summed E-state index contributed by atoms with van der Waals surface area (Å²) in [4.78, 5) is 11.0. The van der Waals surface area contributed by atoms with Crippen LogP contribution in [0.1, 0.15) is 19.3 Å². The van der Waals surface area contributed by atoms with Crippen LogP contribution in [0.5, 0.6) is 0 Å². The van der Waals surface area contributed by atoms with Crippen LogP contribution >= 0.6 is 0 Å². The smallest absolute Gasteiger partial charge is 0.235 e. The van der Waals surface area contributed by atoms with Crippen LogP contribution in [0.4, 0.5) is 0 Å². The molecule has 0 atom stereocenters. The standard InChI is InChI=1S/C9H15NO3S/c1-3-4-5-6-7-10-9(11)8-14(2,12)13/h1H,4-8H2,2H3,(H,10,11). The number of sulfone groups is 1. The molecule has 0 rings (SSSR count). The summed E-state index contributed by atoms with van der Waals surface area (Å²) in [5, 5.41) is 2.51. The highest BCUT2D eigenvalue weighted by molar-refractivity contribution is 7.91. The Morgan fingerprint density at radius 3 is 2.57 bits per heavy atom. The lowest BCUT2D eigenvalue weighted by molar-refractivity contribution is -0.118. The molecule has 0 aromatic carbocycles. The van der Waals surface area contributed by atoms with Crippen molar-refractivity contribution in [1.29, 1.82) is 0 Å². The lowest BCUT2D eigenvalue weighted by atomic mass is 10.2. The van der Waals surface area contributed by atoms with Crippen LogP contribution in [0, 0.1) is 12.3 Å². The number of carbonyl (C=O) groups excluding carboxylic acids is 1. The summed E-state index contributed by atoms with van der Waals surface area (Å²) < 4.78 is 21.4. The van der Waals surface area contributed by atoms with Crippen molar-refractivity contribution in [2.45, 2.75) is 19.3 Å². The number of terminal acetylenes is 1. The number of hydrogen-bond acceptors (Lipinski definition) is 3. The van der Waals surface area contributed by atoms with Crippen molar-refractivity contribution in [2.75, 3.05) is 18.6 Å². The lowest BCUT2D eigenvalue weighted by Gasteiger charge is -2.02. The molecule has 0 aliphatic rings. The highest BCUT2D eigenvalue weighted by atomic mass is 32.2. The SMILES string of the molecule is C#CCCCCNC(=O)CS(C)(=O)=O. The Hall–Kier alpha value is -1.02. The molecule has 0 saturated heterocycles. The quantitative estimate of drug-likeness (QED) is 0.501. The van der Waals surface area contributed by atoms with Crippen LogP contribution in [0.15, 0.2) is 0 Å². The van der Waals surface area contributed by atoms with Crippen molar-refractivity contribution in [3.8, 4) is 12.3 Å². The molecule has 0 unspecified atom stereocenters. The van der Waals surface area contributed by atoms with Crippen LogP contribution in [0.3, 0.4) is 0 Å². The highest BCUT2D eigenvalue weighted by Gasteiger charge is 2.09. The number of hydrogen-bond donors (Lipinski definition) is 1. The molecule has 0 radical (unpaired) electrons. The molecular weight excluding hydrogens is 202 g/mol. The Kier molecular flexibility index (Phi) is 5.97. The van der Waals surface area contributed by atoms with E-state index < -0.39 is 21.5 Å². The first-order chi connectivity index (χ1) is 6.45. The van der Waals surface area contributed by atoms with Gasteiger partial charge in [-0.2, -0.15) is 0 Å². The molecule has 0 saturated carbocycles. The number of amides is 1. The van der Waals surface area contributed by atoms with Crippen LogP contribution in [-0.2, 0) is 14.6 Å². The highest BCUT2D eigenvalue weighted by Crippen LogP contribution is 1.91. The van der Waals surface area contributed by atoms with Gasteiger partial charge < -0.3 is 5.32 Å². The third-order valence-corrected chi connectivity index (χ3v) is 2.25. The van der Waals surface area contributed by atoms with Gasteiger partial charge in [0.15, 0.2) is 9.84 Å². The molecule has 14 heavy (non-hydrogen) atoms. The third kappa shape index (κ3) is 9.07. The Morgan fingerprint density at radius 1 is 1.43 bits per heavy atom. The Balaban J connectivity index is 3.52. The summed E-state index contributed by atoms with van der Waals surface area (Å²) in [5.74, 6) is 1.59. The van der Waals surface area contributed by atoms with E-state index in [0.717, 1.165) is 19.1 Å². The largest absolute Gasteiger partial charge is 0.355 e. The average molecular weight is 217 g/mol. The summed E-state index contributed by atoms with van der Waals surface area (Å²) in [6, 6.07) is 0. The van der Waals surface area contributed by atoms with Crippen molar-refractivity contribution < 1.29 is 13.2 Å². The fourth-order valence-electron chi connectivity index (χ4n) is 0.869. The monoisotopic (exact) mass is 217 g/mol. The van der Waals surface area contributed by atoms with Gasteiger partial charge in [0.25, 0.3) is 0 Å². The first-order valence-corrected chi connectivity index (χ1v) is 6.39. The van der Waals surface area contributed by atoms with E-state index in [1.807, 2.05) is 0 Å². The predicted molar refractivity (Wildman–Crippen MR) is 55.4 cm³/mol. The second-order valence-electron chi connectivity index (χ2n) is 3.08. The average Bonchev–Trinajstić information content (AvgIpc) is 2.00. The molecular formula is C9H15NO3S. The van der Waals surface area contributed by atoms with Gasteiger partial charge in [0.2, 0.25) is 5.91 Å². The van der Waals surface area contributed by atoms with Crippen LogP contribution in [0.25, 0.3) is 0 Å². The van der Waals surface area contributed by atoms with Crippen molar-refractivity contribution in [2.24, 2.45) is 0 Å². The predicted octanol–water partition coefficient (Wildman–Crippen LogP) is -0.0493. The normalized spacial score (nSPS) is 10.6. The minimum atomic E-state index is -3.22. The molecule has 4 nitrogen and oxygen atoms in total. The molecule has 0 aromatic rings. The van der Waals surface area contributed by atoms with E-state index in [9.17, 15) is 13.2 Å². The van der Waals surface area contributed by atoms with E-state index in [1.165, 1.54) is 0 Å². The van der Waals surface area contributed by atoms with Crippen LogP contribution < -0.4 is 5.32 Å². The summed E-state index contributed by atoms with van der Waals surface area (Å²) in [7, 11) is -3.22. The Bertz CT molecular complexity index is 313. The maximum atomic E-state index is 11.0. The zero-order valence-corrected chi connectivity index (χ0v) is 9.06. The lowest BCUT2D eigenvalue weighted by Crippen LogP contribution is -2.30. The molecule has 0 heterocycles. The number of carbonyl (C=O) groups is 1. The maximum absolute atomic E-state index is 11.0. The summed E-state index contributed by atoms with van der Waals surface area (Å²) in [5.41, 5.74) is 0. The van der Waals surface area contributed by atoms with E-state index in [2.05, 4.69) is 11.2 Å². The van der Waals surface area contributed by atoms with Gasteiger partial charge in [0.1, 0.15) is 5.75 Å². The molecule has 0 aliphatic carbocycles. The Labute approximate surface area is 85.0 Å². The second kappa shape index (κ2) is 6.44. The van der Waals surface area contributed by atoms with E-state index in [-0.39, 0.29) is 0 Å². The molecule has 0 aromatic heterocycles. The van der Waals surface area contributed by atoms with E-state index in [1.54, 1.807) is 0 Å². The van der Waals surface area contributed by atoms with Gasteiger partial charge in [-0.15, -0.1) is 12.3 Å². The first kappa shape index (κ1) is 13.0. The molecule has 1 N–H and O–H groups in total. The summed E-state index contributed by atoms with van der Waals surface area (Å²) in [6.45, 7) is 0.482. The fraction of sp³-hybridized carbons (Fsp3) is 0.667. The van der Waals surface area contributed by atoms with Gasteiger partial charge in [-0.05, 0) is 12.8 Å². The zero-order chi connectivity index (χ0) is 11.0. The zero-order valence-electron chi connectivity index (χ0n) is 8.25. The third-order valence-electron chi connectivity index (χ3n) is 1.46. The minimum Gasteiger partial charge on any atom is -0.355 e. The number of nitrogens with one attached hydrogen (secondary N) is 1. The van der Waals surface area contributed by atoms with E-state index in [4.69, 9.17) is 6.42 Å². The minimum absolute atomic E-state index is 0.442. The maximum Gasteiger partial charge on any atom is 0.235 e. The van der Waals surface area contributed by atoms with Gasteiger partial charge in [0.05, 0.1) is 0 Å². The van der Waals surface area contributed by atoms with Gasteiger partial charge >= 0.3 is 0 Å². The van der Waals surface area contributed by atoms with Crippen LogP contribution in [-0.4, -0.2) is 32.9 Å². The molecule has 0 bridgehead atoms. The van der Waals surface area contributed by atoms with Crippen molar-refractivity contribution in [3.63, 3.8) is 0 Å². The van der Waals surface area contributed by atoms with Crippen molar-refractivity contribution in [1.82, 2.24) is 5.32 Å². The van der Waals surface area contributed by atoms with E-state index >= 15 is 0 Å². The second-order valence-corrected chi connectivity index (χ2v) is 5.22. The van der Waals surface area contributed by atoms with Gasteiger partial charge in [-0.3, -0.25) is 4.79 Å². The first-order valence-electron chi connectivity index (χ1n) is 4.33. The molecule has 80 valence electrons. The van der Waals surface area contributed by atoms with Gasteiger partial charge in [-0.25, -0.2) is 8.42 Å². The number of unbranched alkanes of at least 4 members (excludes halogenated alkanes) is 2. The topological polar surface area (TPSA) is 63.2 Å². The van der Waals surface area contributed by atoms with Crippen molar-refractivity contribution >= 4 is 15.7 Å².